The number of rotatable bonds is 14. The molecule has 0 radical (unpaired) electrons. The standard InChI is InChI=1S/C39H48N4O3S/c1-5-7-22-46-36-15-10-30(11-16-36)31-12-19-38-33(23-31)24-32(9-8-21-42(38)26-29(3)4)39(44)41-34-13-17-37(18-14-34)47(45)27-35-25-40-28-43(35)20-6-2/h10-19,23-25,28-29H,5-9,20-22,26-27H2,1-4H3,(H,41,44). The van der Waals surface area contributed by atoms with Gasteiger partial charge >= 0.3 is 0 Å². The van der Waals surface area contributed by atoms with Crippen molar-refractivity contribution in [3.8, 4) is 16.9 Å². The van der Waals surface area contributed by atoms with Crippen LogP contribution in [0.25, 0.3) is 17.2 Å². The Morgan fingerprint density at radius 3 is 2.49 bits per heavy atom. The van der Waals surface area contributed by atoms with Crippen LogP contribution in [0, 0.1) is 5.92 Å². The Morgan fingerprint density at radius 2 is 1.77 bits per heavy atom. The van der Waals surface area contributed by atoms with E-state index in [1.807, 2.05) is 36.4 Å². The highest BCUT2D eigenvalue weighted by molar-refractivity contribution is 7.84. The second-order valence-electron chi connectivity index (χ2n) is 12.7. The van der Waals surface area contributed by atoms with E-state index in [1.54, 1.807) is 12.5 Å². The molecule has 1 aromatic heterocycles. The highest BCUT2D eigenvalue weighted by atomic mass is 32.2. The largest absolute Gasteiger partial charge is 0.494 e. The third-order valence-electron chi connectivity index (χ3n) is 8.32. The van der Waals surface area contributed by atoms with Crippen LogP contribution in [0.4, 0.5) is 11.4 Å². The molecule has 4 aromatic rings. The molecule has 1 aliphatic heterocycles. The summed E-state index contributed by atoms with van der Waals surface area (Å²) in [5.41, 5.74) is 6.81. The first-order valence-corrected chi connectivity index (χ1v) is 18.3. The number of ether oxygens (including phenoxy) is 1. The summed E-state index contributed by atoms with van der Waals surface area (Å²) >= 11 is 0. The minimum absolute atomic E-state index is 0.107. The molecule has 0 saturated heterocycles. The number of anilines is 2. The van der Waals surface area contributed by atoms with Gasteiger partial charge in [-0.25, -0.2) is 4.98 Å². The van der Waals surface area contributed by atoms with Crippen LogP contribution >= 0.6 is 0 Å². The summed E-state index contributed by atoms with van der Waals surface area (Å²) in [5.74, 6) is 1.70. The smallest absolute Gasteiger partial charge is 0.251 e. The van der Waals surface area contributed by atoms with Crippen LogP contribution in [0.2, 0.25) is 0 Å². The molecule has 0 spiro atoms. The number of amides is 1. The van der Waals surface area contributed by atoms with Crippen LogP contribution in [0.15, 0.2) is 89.7 Å². The van der Waals surface area contributed by atoms with Gasteiger partial charge in [0.15, 0.2) is 0 Å². The molecular formula is C39H48N4O3S. The fourth-order valence-electron chi connectivity index (χ4n) is 5.90. The molecular weight excluding hydrogens is 605 g/mol. The van der Waals surface area contributed by atoms with Gasteiger partial charge in [-0.15, -0.1) is 0 Å². The normalized spacial score (nSPS) is 13.8. The van der Waals surface area contributed by atoms with E-state index in [9.17, 15) is 9.00 Å². The van der Waals surface area contributed by atoms with Crippen LogP contribution in [0.3, 0.4) is 0 Å². The summed E-state index contributed by atoms with van der Waals surface area (Å²) in [6.07, 6.45) is 10.4. The second-order valence-corrected chi connectivity index (χ2v) is 14.1. The first kappa shape index (κ1) is 34.2. The summed E-state index contributed by atoms with van der Waals surface area (Å²) in [7, 11) is -1.21. The lowest BCUT2D eigenvalue weighted by atomic mass is 9.96. The Bertz CT molecular complexity index is 1680. The fourth-order valence-corrected chi connectivity index (χ4v) is 7.01. The molecule has 0 aliphatic carbocycles. The molecule has 1 amide bonds. The number of nitrogens with zero attached hydrogens (tertiary/aromatic N) is 3. The Hall–Kier alpha value is -4.17. The number of fused-ring (bicyclic) bond motifs is 1. The van der Waals surface area contributed by atoms with Crippen molar-refractivity contribution in [2.45, 2.75) is 77.0 Å². The predicted octanol–water partition coefficient (Wildman–Crippen LogP) is 8.73. The topological polar surface area (TPSA) is 76.5 Å². The minimum Gasteiger partial charge on any atom is -0.494 e. The maximum Gasteiger partial charge on any atom is 0.251 e. The summed E-state index contributed by atoms with van der Waals surface area (Å²) in [5, 5.41) is 3.10. The van der Waals surface area contributed by atoms with Crippen molar-refractivity contribution in [1.82, 2.24) is 9.55 Å². The predicted molar refractivity (Wildman–Crippen MR) is 194 cm³/mol. The molecule has 7 nitrogen and oxygen atoms in total. The maximum absolute atomic E-state index is 13.7. The number of hydrogen-bond acceptors (Lipinski definition) is 5. The molecule has 0 bridgehead atoms. The first-order chi connectivity index (χ1) is 22.8. The molecule has 248 valence electrons. The number of aryl methyl sites for hydroxylation is 1. The first-order valence-electron chi connectivity index (χ1n) is 17.0. The second kappa shape index (κ2) is 16.6. The quantitative estimate of drug-likeness (QED) is 0.138. The number of carbonyl (C=O) groups is 1. The summed E-state index contributed by atoms with van der Waals surface area (Å²) in [6, 6.07) is 22.2. The SMILES string of the molecule is CCCCOc1ccc(-c2ccc3c(c2)C=C(C(=O)Nc2ccc(S(=O)Cc4cncn4CCC)cc2)CCCN3CC(C)C)cc1. The number of hydrogen-bond donors (Lipinski definition) is 1. The molecule has 2 heterocycles. The van der Waals surface area contributed by atoms with Crippen molar-refractivity contribution in [2.75, 3.05) is 29.9 Å². The Labute approximate surface area is 282 Å². The Morgan fingerprint density at radius 1 is 1.00 bits per heavy atom. The van der Waals surface area contributed by atoms with Crippen molar-refractivity contribution in [2.24, 2.45) is 5.92 Å². The van der Waals surface area contributed by atoms with E-state index in [4.69, 9.17) is 4.74 Å². The zero-order chi connectivity index (χ0) is 33.2. The molecule has 0 fully saturated rings. The Balaban J connectivity index is 1.34. The number of benzene rings is 3. The summed E-state index contributed by atoms with van der Waals surface area (Å²) in [4.78, 5) is 21.1. The average molecular weight is 653 g/mol. The molecule has 1 N–H and O–H groups in total. The third-order valence-corrected chi connectivity index (χ3v) is 9.68. The molecule has 1 atom stereocenters. The van der Waals surface area contributed by atoms with Gasteiger partial charge < -0.3 is 19.5 Å². The Kier molecular flexibility index (Phi) is 12.1. The summed E-state index contributed by atoms with van der Waals surface area (Å²) < 4.78 is 21.0. The zero-order valence-corrected chi connectivity index (χ0v) is 29.0. The van der Waals surface area contributed by atoms with E-state index < -0.39 is 10.8 Å². The number of imidazole rings is 1. The zero-order valence-electron chi connectivity index (χ0n) is 28.2. The number of nitrogens with one attached hydrogen (secondary N) is 1. The van der Waals surface area contributed by atoms with Crippen LogP contribution in [-0.2, 0) is 27.9 Å². The summed E-state index contributed by atoms with van der Waals surface area (Å²) in [6.45, 7) is 12.2. The molecule has 1 unspecified atom stereocenters. The molecule has 3 aromatic carbocycles. The van der Waals surface area contributed by atoms with Gasteiger partial charge in [-0.1, -0.05) is 52.3 Å². The molecule has 1 aliphatic rings. The van der Waals surface area contributed by atoms with Crippen LogP contribution in [0.1, 0.15) is 71.1 Å². The lowest BCUT2D eigenvalue weighted by molar-refractivity contribution is -0.112. The van der Waals surface area contributed by atoms with E-state index in [0.717, 1.165) is 96.2 Å². The van der Waals surface area contributed by atoms with Gasteiger partial charge in [0.05, 0.1) is 35.2 Å². The maximum atomic E-state index is 13.7. The van der Waals surface area contributed by atoms with E-state index in [1.165, 1.54) is 0 Å². The van der Waals surface area contributed by atoms with Crippen LogP contribution in [0.5, 0.6) is 5.75 Å². The van der Waals surface area contributed by atoms with Crippen LogP contribution < -0.4 is 15.0 Å². The van der Waals surface area contributed by atoms with Gasteiger partial charge in [0.2, 0.25) is 0 Å². The molecule has 0 saturated carbocycles. The van der Waals surface area contributed by atoms with Crippen molar-refractivity contribution >= 4 is 34.2 Å². The lowest BCUT2D eigenvalue weighted by Crippen LogP contribution is -2.30. The van der Waals surface area contributed by atoms with Gasteiger partial charge in [-0.05, 0) is 103 Å². The van der Waals surface area contributed by atoms with Crippen molar-refractivity contribution < 1.29 is 13.7 Å². The fraction of sp³-hybridized carbons (Fsp3) is 0.385. The van der Waals surface area contributed by atoms with Crippen molar-refractivity contribution in [1.29, 1.82) is 0 Å². The highest BCUT2D eigenvalue weighted by Gasteiger charge is 2.20. The van der Waals surface area contributed by atoms with E-state index in [-0.39, 0.29) is 5.91 Å². The van der Waals surface area contributed by atoms with E-state index in [2.05, 4.69) is 83.9 Å². The van der Waals surface area contributed by atoms with Gasteiger partial charge in [-0.3, -0.25) is 9.00 Å². The highest BCUT2D eigenvalue weighted by Crippen LogP contribution is 2.33. The average Bonchev–Trinajstić information content (AvgIpc) is 3.49. The molecule has 8 heteroatoms. The van der Waals surface area contributed by atoms with Gasteiger partial charge in [0.25, 0.3) is 5.91 Å². The lowest BCUT2D eigenvalue weighted by Gasteiger charge is -2.30. The van der Waals surface area contributed by atoms with E-state index in [0.29, 0.717) is 23.8 Å². The monoisotopic (exact) mass is 652 g/mol. The number of carbonyl (C=O) groups excluding carboxylic acids is 1. The number of unbranched alkanes of at least 4 members (excludes halogenated alkanes) is 1. The number of aromatic nitrogens is 2. The van der Waals surface area contributed by atoms with Gasteiger partial charge in [0.1, 0.15) is 5.75 Å². The third kappa shape index (κ3) is 9.22. The van der Waals surface area contributed by atoms with Gasteiger partial charge in [-0.2, -0.15) is 0 Å². The van der Waals surface area contributed by atoms with E-state index >= 15 is 0 Å². The van der Waals surface area contributed by atoms with Crippen molar-refractivity contribution in [3.63, 3.8) is 0 Å². The molecule has 47 heavy (non-hydrogen) atoms. The minimum atomic E-state index is -1.21. The van der Waals surface area contributed by atoms with Gasteiger partial charge in [0, 0.05) is 47.7 Å². The van der Waals surface area contributed by atoms with Crippen LogP contribution in [-0.4, -0.2) is 39.4 Å². The molecule has 5 rings (SSSR count). The van der Waals surface area contributed by atoms with Crippen molar-refractivity contribution in [3.05, 3.63) is 96.1 Å².